The van der Waals surface area contributed by atoms with Gasteiger partial charge in [-0.3, -0.25) is 4.84 Å². The smallest absolute Gasteiger partial charge is 0.219 e. The molecule has 27 heavy (non-hydrogen) atoms. The molecular formula is C19H21ClN2O4S. The fourth-order valence-electron chi connectivity index (χ4n) is 2.96. The first-order chi connectivity index (χ1) is 12.9. The molecule has 0 aliphatic carbocycles. The van der Waals surface area contributed by atoms with Gasteiger partial charge in [0.2, 0.25) is 10.0 Å². The second kappa shape index (κ2) is 8.41. The summed E-state index contributed by atoms with van der Waals surface area (Å²) in [6, 6.07) is 13.9. The lowest BCUT2D eigenvalue weighted by molar-refractivity contribution is -0.110. The molecule has 2 aromatic carbocycles. The minimum atomic E-state index is -3.57. The van der Waals surface area contributed by atoms with Gasteiger partial charge in [0, 0.05) is 18.6 Å². The first-order valence-corrected chi connectivity index (χ1v) is 10.3. The molecule has 1 aliphatic heterocycles. The molecule has 3 rings (SSSR count). The Morgan fingerprint density at radius 3 is 2.74 bits per heavy atom. The largest absolute Gasteiger partial charge is 0.457 e. The van der Waals surface area contributed by atoms with Crippen LogP contribution in [-0.2, 0) is 14.9 Å². The summed E-state index contributed by atoms with van der Waals surface area (Å²) in [4.78, 5) is 5.50. The quantitative estimate of drug-likeness (QED) is 0.710. The topological polar surface area (TPSA) is 67.9 Å². The van der Waals surface area contributed by atoms with Crippen molar-refractivity contribution in [2.24, 2.45) is 0 Å². The summed E-state index contributed by atoms with van der Waals surface area (Å²) in [6.45, 7) is 3.80. The van der Waals surface area contributed by atoms with Crippen LogP contribution >= 0.6 is 11.6 Å². The van der Waals surface area contributed by atoms with Gasteiger partial charge in [0.1, 0.15) is 16.7 Å². The van der Waals surface area contributed by atoms with Gasteiger partial charge in [0.15, 0.2) is 0 Å². The van der Waals surface area contributed by atoms with E-state index in [4.69, 9.17) is 21.2 Å². The molecule has 2 unspecified atom stereocenters. The Balaban J connectivity index is 1.85. The molecule has 144 valence electrons. The van der Waals surface area contributed by atoms with Gasteiger partial charge in [-0.15, -0.1) is 6.58 Å². The van der Waals surface area contributed by atoms with Gasteiger partial charge >= 0.3 is 0 Å². The standard InChI is InChI=1S/C19H21ClN2O4S/c1-3-11-21-27(23,24)18-13-25-22(2)19(18)14-5-4-6-17(12-14)26-16-9-7-15(20)8-10-16/h3-10,12,18-19,21H,1,11,13H2,2H3. The van der Waals surface area contributed by atoms with E-state index in [9.17, 15) is 8.42 Å². The molecule has 0 aromatic heterocycles. The zero-order valence-corrected chi connectivity index (χ0v) is 16.4. The number of nitrogens with zero attached hydrogens (tertiary/aromatic N) is 1. The molecule has 0 saturated carbocycles. The molecule has 6 nitrogen and oxygen atoms in total. The summed E-state index contributed by atoms with van der Waals surface area (Å²) in [6.07, 6.45) is 1.51. The number of ether oxygens (including phenoxy) is 1. The van der Waals surface area contributed by atoms with Gasteiger partial charge in [0.25, 0.3) is 0 Å². The summed E-state index contributed by atoms with van der Waals surface area (Å²) in [7, 11) is -1.85. The van der Waals surface area contributed by atoms with Crippen LogP contribution in [0.15, 0.2) is 61.2 Å². The first kappa shape index (κ1) is 19.9. The van der Waals surface area contributed by atoms with Crippen molar-refractivity contribution in [2.75, 3.05) is 20.2 Å². The van der Waals surface area contributed by atoms with Gasteiger partial charge < -0.3 is 4.74 Å². The summed E-state index contributed by atoms with van der Waals surface area (Å²) in [5, 5.41) is 1.45. The van der Waals surface area contributed by atoms with Crippen molar-refractivity contribution in [3.63, 3.8) is 0 Å². The van der Waals surface area contributed by atoms with E-state index in [1.807, 2.05) is 24.3 Å². The lowest BCUT2D eigenvalue weighted by Gasteiger charge is -2.23. The van der Waals surface area contributed by atoms with E-state index in [1.54, 1.807) is 36.4 Å². The predicted molar refractivity (Wildman–Crippen MR) is 105 cm³/mol. The van der Waals surface area contributed by atoms with Crippen LogP contribution in [0.5, 0.6) is 11.5 Å². The van der Waals surface area contributed by atoms with Crippen molar-refractivity contribution >= 4 is 21.6 Å². The third-order valence-electron chi connectivity index (χ3n) is 4.26. The van der Waals surface area contributed by atoms with E-state index in [2.05, 4.69) is 11.3 Å². The SMILES string of the molecule is C=CCNS(=O)(=O)C1CON(C)C1c1cccc(Oc2ccc(Cl)cc2)c1. The monoisotopic (exact) mass is 408 g/mol. The second-order valence-electron chi connectivity index (χ2n) is 6.14. The molecule has 1 aliphatic rings. The Hall–Kier alpha value is -1.90. The molecule has 8 heteroatoms. The Bertz CT molecular complexity index is 902. The minimum absolute atomic E-state index is 0.0793. The van der Waals surface area contributed by atoms with Gasteiger partial charge in [-0.25, -0.2) is 13.1 Å². The third-order valence-corrected chi connectivity index (χ3v) is 6.27. The molecule has 1 N–H and O–H groups in total. The highest BCUT2D eigenvalue weighted by Gasteiger charge is 2.43. The number of hydrogen-bond donors (Lipinski definition) is 1. The number of halogens is 1. The van der Waals surface area contributed by atoms with Gasteiger partial charge in [-0.2, -0.15) is 5.06 Å². The zero-order valence-electron chi connectivity index (χ0n) is 14.8. The fraction of sp³-hybridized carbons (Fsp3) is 0.263. The summed E-state index contributed by atoms with van der Waals surface area (Å²) in [5.41, 5.74) is 0.787. The summed E-state index contributed by atoms with van der Waals surface area (Å²) < 4.78 is 33.6. The van der Waals surface area contributed by atoms with E-state index in [0.717, 1.165) is 5.56 Å². The molecule has 0 amide bonds. The Kier molecular flexibility index (Phi) is 6.18. The molecule has 1 heterocycles. The highest BCUT2D eigenvalue weighted by molar-refractivity contribution is 7.90. The van der Waals surface area contributed by atoms with Crippen LogP contribution in [0.1, 0.15) is 11.6 Å². The Morgan fingerprint density at radius 1 is 1.30 bits per heavy atom. The van der Waals surface area contributed by atoms with Gasteiger partial charge in [0.05, 0.1) is 12.6 Å². The minimum Gasteiger partial charge on any atom is -0.457 e. The van der Waals surface area contributed by atoms with Crippen molar-refractivity contribution in [1.29, 1.82) is 0 Å². The molecule has 2 aromatic rings. The maximum Gasteiger partial charge on any atom is 0.219 e. The number of hydroxylamine groups is 2. The van der Waals surface area contributed by atoms with Crippen molar-refractivity contribution in [2.45, 2.75) is 11.3 Å². The molecular weight excluding hydrogens is 388 g/mol. The van der Waals surface area contributed by atoms with Crippen LogP contribution in [0.25, 0.3) is 0 Å². The number of rotatable bonds is 7. The third kappa shape index (κ3) is 4.69. The lowest BCUT2D eigenvalue weighted by atomic mass is 10.0. The van der Waals surface area contributed by atoms with Crippen molar-refractivity contribution < 1.29 is 18.0 Å². The van der Waals surface area contributed by atoms with Crippen LogP contribution < -0.4 is 9.46 Å². The number of sulfonamides is 1. The van der Waals surface area contributed by atoms with E-state index >= 15 is 0 Å². The average molecular weight is 409 g/mol. The molecule has 2 atom stereocenters. The van der Waals surface area contributed by atoms with Crippen molar-refractivity contribution in [3.05, 3.63) is 71.8 Å². The first-order valence-electron chi connectivity index (χ1n) is 8.39. The highest BCUT2D eigenvalue weighted by Crippen LogP contribution is 2.35. The number of nitrogens with one attached hydrogen (secondary N) is 1. The maximum absolute atomic E-state index is 12.6. The molecule has 0 bridgehead atoms. The predicted octanol–water partition coefficient (Wildman–Crippen LogP) is 3.52. The second-order valence-corrected chi connectivity index (χ2v) is 8.56. The van der Waals surface area contributed by atoms with Crippen LogP contribution in [-0.4, -0.2) is 38.9 Å². The lowest BCUT2D eigenvalue weighted by Crippen LogP contribution is -2.39. The molecule has 1 saturated heterocycles. The van der Waals surface area contributed by atoms with Crippen molar-refractivity contribution in [1.82, 2.24) is 9.79 Å². The average Bonchev–Trinajstić information content (AvgIpc) is 3.05. The number of hydrogen-bond acceptors (Lipinski definition) is 5. The Labute approximate surface area is 164 Å². The van der Waals surface area contributed by atoms with E-state index in [1.165, 1.54) is 6.08 Å². The van der Waals surface area contributed by atoms with Crippen LogP contribution in [0, 0.1) is 0 Å². The summed E-state index contributed by atoms with van der Waals surface area (Å²) >= 11 is 5.89. The van der Waals surface area contributed by atoms with E-state index in [-0.39, 0.29) is 13.2 Å². The maximum atomic E-state index is 12.6. The summed E-state index contributed by atoms with van der Waals surface area (Å²) in [5.74, 6) is 1.25. The van der Waals surface area contributed by atoms with Gasteiger partial charge in [-0.1, -0.05) is 29.8 Å². The van der Waals surface area contributed by atoms with Crippen molar-refractivity contribution in [3.8, 4) is 11.5 Å². The fourth-order valence-corrected chi connectivity index (χ4v) is 4.56. The number of benzene rings is 2. The van der Waals surface area contributed by atoms with Crippen LogP contribution in [0.2, 0.25) is 5.02 Å². The van der Waals surface area contributed by atoms with E-state index in [0.29, 0.717) is 16.5 Å². The van der Waals surface area contributed by atoms with Gasteiger partial charge in [-0.05, 0) is 42.0 Å². The zero-order chi connectivity index (χ0) is 19.4. The molecule has 0 radical (unpaired) electrons. The van der Waals surface area contributed by atoms with E-state index < -0.39 is 21.3 Å². The molecule has 1 fully saturated rings. The van der Waals surface area contributed by atoms with Crippen LogP contribution in [0.3, 0.4) is 0 Å². The highest BCUT2D eigenvalue weighted by atomic mass is 35.5. The normalized spacial score (nSPS) is 20.5. The Morgan fingerprint density at radius 2 is 2.04 bits per heavy atom. The van der Waals surface area contributed by atoms with Crippen LogP contribution in [0.4, 0.5) is 0 Å². The molecule has 0 spiro atoms.